The molecule has 1 fully saturated rings. The first-order valence-corrected chi connectivity index (χ1v) is 6.88. The Morgan fingerprint density at radius 3 is 2.67 bits per heavy atom. The van der Waals surface area contributed by atoms with E-state index in [1.54, 1.807) is 0 Å². The van der Waals surface area contributed by atoms with E-state index in [0.29, 0.717) is 17.9 Å². The molecule has 0 unspecified atom stereocenters. The molecular weight excluding hydrogens is 229 g/mol. The average molecular weight is 251 g/mol. The van der Waals surface area contributed by atoms with Crippen LogP contribution in [0, 0.1) is 11.2 Å². The molecule has 2 rings (SSSR count). The molecule has 0 aliphatic heterocycles. The molecule has 100 valence electrons. The van der Waals surface area contributed by atoms with Gasteiger partial charge >= 0.3 is 0 Å². The number of rotatable bonds is 4. The van der Waals surface area contributed by atoms with Crippen LogP contribution in [0.4, 0.5) is 10.2 Å². The summed E-state index contributed by atoms with van der Waals surface area (Å²) in [5, 5.41) is 3.17. The van der Waals surface area contributed by atoms with Crippen molar-refractivity contribution in [2.45, 2.75) is 52.4 Å². The molecule has 3 nitrogen and oxygen atoms in total. The maximum Gasteiger partial charge on any atom is 0.186 e. The Balaban J connectivity index is 2.01. The Bertz CT molecular complexity index is 400. The number of aromatic nitrogens is 2. The van der Waals surface area contributed by atoms with Gasteiger partial charge in [-0.3, -0.25) is 0 Å². The lowest BCUT2D eigenvalue weighted by atomic mass is 9.76. The van der Waals surface area contributed by atoms with Gasteiger partial charge in [0, 0.05) is 6.54 Å². The summed E-state index contributed by atoms with van der Waals surface area (Å²) in [6.45, 7) is 4.97. The summed E-state index contributed by atoms with van der Waals surface area (Å²) in [4.78, 5) is 7.95. The Hall–Kier alpha value is -1.19. The van der Waals surface area contributed by atoms with Gasteiger partial charge in [-0.25, -0.2) is 14.4 Å². The molecule has 4 heteroatoms. The van der Waals surface area contributed by atoms with Crippen LogP contribution in [0.1, 0.15) is 51.6 Å². The molecule has 0 spiro atoms. The van der Waals surface area contributed by atoms with Gasteiger partial charge in [0.05, 0.1) is 5.69 Å². The summed E-state index contributed by atoms with van der Waals surface area (Å²) >= 11 is 0. The van der Waals surface area contributed by atoms with E-state index in [-0.39, 0.29) is 11.2 Å². The van der Waals surface area contributed by atoms with Crippen molar-refractivity contribution in [1.29, 1.82) is 0 Å². The molecule has 1 heterocycles. The minimum atomic E-state index is -0.292. The van der Waals surface area contributed by atoms with E-state index in [4.69, 9.17) is 0 Å². The van der Waals surface area contributed by atoms with Crippen molar-refractivity contribution < 1.29 is 4.39 Å². The summed E-state index contributed by atoms with van der Waals surface area (Å²) in [6, 6.07) is 0. The highest BCUT2D eigenvalue weighted by molar-refractivity contribution is 5.37. The number of hydrogen-bond acceptors (Lipinski definition) is 3. The fourth-order valence-electron chi connectivity index (χ4n) is 2.66. The van der Waals surface area contributed by atoms with E-state index in [1.807, 2.05) is 6.92 Å². The van der Waals surface area contributed by atoms with Gasteiger partial charge < -0.3 is 5.32 Å². The van der Waals surface area contributed by atoms with Crippen LogP contribution >= 0.6 is 0 Å². The van der Waals surface area contributed by atoms with Crippen molar-refractivity contribution in [3.05, 3.63) is 17.8 Å². The van der Waals surface area contributed by atoms with Crippen LogP contribution < -0.4 is 5.32 Å². The first-order chi connectivity index (χ1) is 8.64. The van der Waals surface area contributed by atoms with Gasteiger partial charge in [0.1, 0.15) is 6.33 Å². The predicted molar refractivity (Wildman–Crippen MR) is 71.0 cm³/mol. The number of aryl methyl sites for hydroxylation is 1. The molecule has 18 heavy (non-hydrogen) atoms. The highest BCUT2D eigenvalue weighted by atomic mass is 19.1. The van der Waals surface area contributed by atoms with Crippen LogP contribution in [0.2, 0.25) is 0 Å². The molecular formula is C14H22FN3. The molecule has 1 aromatic heterocycles. The molecule has 0 radical (unpaired) electrons. The highest BCUT2D eigenvalue weighted by Crippen LogP contribution is 2.35. The molecule has 0 amide bonds. The Morgan fingerprint density at radius 1 is 1.28 bits per heavy atom. The van der Waals surface area contributed by atoms with Gasteiger partial charge in [0.25, 0.3) is 0 Å². The van der Waals surface area contributed by atoms with Gasteiger partial charge in [-0.15, -0.1) is 0 Å². The molecule has 1 N–H and O–H groups in total. The number of anilines is 1. The van der Waals surface area contributed by atoms with E-state index in [1.165, 1.54) is 38.4 Å². The highest BCUT2D eigenvalue weighted by Gasteiger charge is 2.27. The third-order valence-corrected chi connectivity index (χ3v) is 3.94. The summed E-state index contributed by atoms with van der Waals surface area (Å²) < 4.78 is 14.0. The summed E-state index contributed by atoms with van der Waals surface area (Å²) in [5.41, 5.74) is 0.767. The van der Waals surface area contributed by atoms with Crippen LogP contribution in [0.15, 0.2) is 6.33 Å². The van der Waals surface area contributed by atoms with E-state index >= 15 is 0 Å². The second kappa shape index (κ2) is 5.63. The van der Waals surface area contributed by atoms with Crippen molar-refractivity contribution in [2.75, 3.05) is 11.9 Å². The van der Waals surface area contributed by atoms with Gasteiger partial charge in [0.15, 0.2) is 11.6 Å². The quantitative estimate of drug-likeness (QED) is 0.889. The van der Waals surface area contributed by atoms with Gasteiger partial charge in [0.2, 0.25) is 0 Å². The van der Waals surface area contributed by atoms with E-state index < -0.39 is 0 Å². The zero-order chi connectivity index (χ0) is 13.0. The second-order valence-corrected chi connectivity index (χ2v) is 5.56. The van der Waals surface area contributed by atoms with Gasteiger partial charge in [-0.2, -0.15) is 0 Å². The van der Waals surface area contributed by atoms with Gasteiger partial charge in [-0.1, -0.05) is 33.1 Å². The molecule has 0 saturated heterocycles. The maximum absolute atomic E-state index is 14.0. The first kappa shape index (κ1) is 13.2. The van der Waals surface area contributed by atoms with Crippen LogP contribution in [-0.4, -0.2) is 16.5 Å². The number of hydrogen-bond donors (Lipinski definition) is 1. The zero-order valence-corrected chi connectivity index (χ0v) is 11.3. The smallest absolute Gasteiger partial charge is 0.186 e. The lowest BCUT2D eigenvalue weighted by Crippen LogP contribution is -2.29. The van der Waals surface area contributed by atoms with Crippen LogP contribution in [0.25, 0.3) is 0 Å². The second-order valence-electron chi connectivity index (χ2n) is 5.56. The van der Waals surface area contributed by atoms with Crippen molar-refractivity contribution in [1.82, 2.24) is 9.97 Å². The number of nitrogens with one attached hydrogen (secondary N) is 1. The Labute approximate surface area is 108 Å². The van der Waals surface area contributed by atoms with E-state index in [2.05, 4.69) is 22.2 Å². The largest absolute Gasteiger partial charge is 0.367 e. The molecule has 1 saturated carbocycles. The number of nitrogens with zero attached hydrogens (tertiary/aromatic N) is 2. The minimum Gasteiger partial charge on any atom is -0.367 e. The lowest BCUT2D eigenvalue weighted by Gasteiger charge is -2.33. The predicted octanol–water partition coefficient (Wildman–Crippen LogP) is 3.56. The summed E-state index contributed by atoms with van der Waals surface area (Å²) in [5.74, 6) is 0.0630. The first-order valence-electron chi connectivity index (χ1n) is 6.88. The van der Waals surface area contributed by atoms with Crippen molar-refractivity contribution >= 4 is 5.82 Å². The van der Waals surface area contributed by atoms with Crippen molar-refractivity contribution in [3.8, 4) is 0 Å². The van der Waals surface area contributed by atoms with Crippen LogP contribution in [0.5, 0.6) is 0 Å². The minimum absolute atomic E-state index is 0.280. The van der Waals surface area contributed by atoms with E-state index in [9.17, 15) is 4.39 Å². The molecule has 1 aromatic rings. The molecule has 0 aromatic carbocycles. The molecule has 1 aliphatic rings. The Kier molecular flexibility index (Phi) is 4.15. The van der Waals surface area contributed by atoms with Crippen LogP contribution in [0.3, 0.4) is 0 Å². The number of halogens is 1. The normalized spacial score (nSPS) is 18.6. The van der Waals surface area contributed by atoms with E-state index in [0.717, 1.165) is 6.54 Å². The van der Waals surface area contributed by atoms with Crippen LogP contribution in [-0.2, 0) is 6.42 Å². The standard InChI is InChI=1S/C14H22FN3/c1-3-11-12(15)13(18-10-17-11)16-9-14(2)7-5-4-6-8-14/h10H,3-9H2,1-2H3,(H,16,17,18). The average Bonchev–Trinajstić information content (AvgIpc) is 2.38. The molecule has 1 aliphatic carbocycles. The van der Waals surface area contributed by atoms with Crippen molar-refractivity contribution in [3.63, 3.8) is 0 Å². The molecule has 0 atom stereocenters. The summed E-state index contributed by atoms with van der Waals surface area (Å²) in [7, 11) is 0. The lowest BCUT2D eigenvalue weighted by molar-refractivity contribution is 0.233. The SMILES string of the molecule is CCc1ncnc(NCC2(C)CCCCC2)c1F. The monoisotopic (exact) mass is 251 g/mol. The third-order valence-electron chi connectivity index (χ3n) is 3.94. The van der Waals surface area contributed by atoms with Gasteiger partial charge in [-0.05, 0) is 24.7 Å². The van der Waals surface area contributed by atoms with Crippen molar-refractivity contribution in [2.24, 2.45) is 5.41 Å². The maximum atomic E-state index is 14.0. The molecule has 0 bridgehead atoms. The topological polar surface area (TPSA) is 37.8 Å². The zero-order valence-electron chi connectivity index (χ0n) is 11.3. The summed E-state index contributed by atoms with van der Waals surface area (Å²) in [6.07, 6.45) is 8.36. The fourth-order valence-corrected chi connectivity index (χ4v) is 2.66. The Morgan fingerprint density at radius 2 is 2.00 bits per heavy atom. The fraction of sp³-hybridized carbons (Fsp3) is 0.714. The third kappa shape index (κ3) is 2.98.